The van der Waals surface area contributed by atoms with Crippen molar-refractivity contribution >= 4 is 54.2 Å². The fourth-order valence-corrected chi connectivity index (χ4v) is 8.67. The summed E-state index contributed by atoms with van der Waals surface area (Å²) in [6.45, 7) is 12.0. The molecule has 0 fully saturated rings. The predicted octanol–water partition coefficient (Wildman–Crippen LogP) is 9.65. The lowest BCUT2D eigenvalue weighted by atomic mass is 9.63. The first kappa shape index (κ1) is 29.4. The second-order valence-corrected chi connectivity index (χ2v) is 15.2. The van der Waals surface area contributed by atoms with Gasteiger partial charge in [0.25, 0.3) is 0 Å². The first-order valence-electron chi connectivity index (χ1n) is 14.8. The number of ketones is 2. The molecule has 3 aliphatic rings. The molecule has 3 aromatic rings. The molecule has 0 spiro atoms. The molecule has 0 aromatic heterocycles. The summed E-state index contributed by atoms with van der Waals surface area (Å²) in [6, 6.07) is 18.7. The number of Topliss-reactive ketones (excluding diaryl/α,β-unsaturated/α-hetero) is 2. The van der Waals surface area contributed by atoms with Crippen molar-refractivity contribution in [3.05, 3.63) is 97.2 Å². The van der Waals surface area contributed by atoms with E-state index in [1.54, 1.807) is 0 Å². The zero-order valence-corrected chi connectivity index (χ0v) is 28.1. The molecule has 6 heteroatoms. The van der Waals surface area contributed by atoms with Crippen LogP contribution in [0.25, 0.3) is 10.8 Å². The molecule has 2 aliphatic carbocycles. The summed E-state index contributed by atoms with van der Waals surface area (Å²) in [6.07, 6.45) is 2.60. The van der Waals surface area contributed by atoms with Gasteiger partial charge in [-0.15, -0.1) is 0 Å². The van der Waals surface area contributed by atoms with E-state index < -0.39 is 0 Å². The van der Waals surface area contributed by atoms with Gasteiger partial charge in [0, 0.05) is 47.8 Å². The number of benzene rings is 3. The maximum atomic E-state index is 13.9. The summed E-state index contributed by atoms with van der Waals surface area (Å²) in [5.74, 6) is 0.618. The van der Waals surface area contributed by atoms with Crippen LogP contribution in [0.5, 0.6) is 5.75 Å². The molecule has 0 atom stereocenters. The molecule has 1 heterocycles. The van der Waals surface area contributed by atoms with Gasteiger partial charge in [0.05, 0.1) is 8.95 Å². The van der Waals surface area contributed by atoms with Crippen LogP contribution in [0.4, 0.5) is 0 Å². The first-order chi connectivity index (χ1) is 19.9. The highest BCUT2D eigenvalue weighted by molar-refractivity contribution is 9.11. The summed E-state index contributed by atoms with van der Waals surface area (Å²) in [7, 11) is 0. The van der Waals surface area contributed by atoms with Crippen LogP contribution < -0.4 is 4.74 Å². The second kappa shape index (κ2) is 10.8. The Labute approximate surface area is 265 Å². The molecule has 0 radical (unpaired) electrons. The first-order valence-corrected chi connectivity index (χ1v) is 16.4. The van der Waals surface area contributed by atoms with Gasteiger partial charge < -0.3 is 9.64 Å². The molecule has 0 unspecified atom stereocenters. The van der Waals surface area contributed by atoms with E-state index in [1.807, 2.05) is 24.3 Å². The van der Waals surface area contributed by atoms with Crippen molar-refractivity contribution < 1.29 is 14.3 Å². The van der Waals surface area contributed by atoms with Crippen LogP contribution >= 0.6 is 31.9 Å². The number of rotatable bonds is 5. The molecular formula is C36H37Br2NO3. The van der Waals surface area contributed by atoms with Crippen molar-refractivity contribution in [1.29, 1.82) is 0 Å². The van der Waals surface area contributed by atoms with Crippen molar-refractivity contribution in [1.82, 2.24) is 4.90 Å². The number of hydrogen-bond donors (Lipinski definition) is 0. The second-order valence-electron chi connectivity index (χ2n) is 13.5. The van der Waals surface area contributed by atoms with Crippen molar-refractivity contribution in [3.8, 4) is 5.75 Å². The lowest BCUT2D eigenvalue weighted by molar-refractivity contribution is -0.119. The third kappa shape index (κ3) is 5.19. The number of hydrogen-bond acceptors (Lipinski definition) is 4. The Bertz CT molecular complexity index is 1610. The van der Waals surface area contributed by atoms with Crippen LogP contribution in [0.2, 0.25) is 0 Å². The summed E-state index contributed by atoms with van der Waals surface area (Å²) >= 11 is 7.58. The van der Waals surface area contributed by atoms with Gasteiger partial charge in [0.1, 0.15) is 12.4 Å². The third-order valence-corrected chi connectivity index (χ3v) is 10.1. The van der Waals surface area contributed by atoms with Crippen molar-refractivity contribution in [2.24, 2.45) is 10.8 Å². The number of carbonyl (C=O) groups excluding carboxylic acids is 2. The van der Waals surface area contributed by atoms with Gasteiger partial charge in [-0.2, -0.15) is 0 Å². The van der Waals surface area contributed by atoms with Gasteiger partial charge in [0.2, 0.25) is 0 Å². The minimum atomic E-state index is -0.385. The lowest BCUT2D eigenvalue weighted by Gasteiger charge is -2.49. The molecule has 218 valence electrons. The normalized spacial score (nSPS) is 20.2. The zero-order chi connectivity index (χ0) is 30.0. The van der Waals surface area contributed by atoms with Crippen LogP contribution in [0.3, 0.4) is 0 Å². The maximum absolute atomic E-state index is 13.9. The topological polar surface area (TPSA) is 46.6 Å². The lowest BCUT2D eigenvalue weighted by Crippen LogP contribution is -2.44. The van der Waals surface area contributed by atoms with Gasteiger partial charge in [0.15, 0.2) is 11.6 Å². The Morgan fingerprint density at radius 1 is 0.810 bits per heavy atom. The largest absolute Gasteiger partial charge is 0.487 e. The summed E-state index contributed by atoms with van der Waals surface area (Å²) in [4.78, 5) is 30.2. The Morgan fingerprint density at radius 2 is 1.36 bits per heavy atom. The van der Waals surface area contributed by atoms with Crippen LogP contribution in [0, 0.1) is 10.8 Å². The Morgan fingerprint density at radius 3 is 1.93 bits per heavy atom. The number of halogens is 2. The van der Waals surface area contributed by atoms with Gasteiger partial charge in [-0.1, -0.05) is 70.2 Å². The van der Waals surface area contributed by atoms with Crippen LogP contribution in [-0.2, 0) is 16.2 Å². The number of ether oxygens (including phenoxy) is 1. The average Bonchev–Trinajstić information content (AvgIpc) is 2.90. The standard InChI is InChI=1S/C36H37Br2NO3/c1-6-39-27-16-35(2,3)18-29(40)32(27)31(33-28(39)17-36(4,5)19-30(33)41)23-14-25(37)34(26(38)15-23)42-20-22-12-9-11-21-10-7-8-13-24(21)22/h7-15,31H,6,16-20H2,1-5H3. The van der Waals surface area contributed by atoms with Crippen molar-refractivity contribution in [2.45, 2.75) is 72.8 Å². The van der Waals surface area contributed by atoms with Crippen molar-refractivity contribution in [3.63, 3.8) is 0 Å². The molecule has 6 rings (SSSR count). The van der Waals surface area contributed by atoms with Gasteiger partial charge in [-0.3, -0.25) is 9.59 Å². The zero-order valence-electron chi connectivity index (χ0n) is 24.9. The number of nitrogens with zero attached hydrogens (tertiary/aromatic N) is 1. The van der Waals surface area contributed by atoms with E-state index in [4.69, 9.17) is 4.74 Å². The molecular weight excluding hydrogens is 654 g/mol. The average molecular weight is 692 g/mol. The highest BCUT2D eigenvalue weighted by Gasteiger charge is 2.48. The minimum Gasteiger partial charge on any atom is -0.487 e. The van der Waals surface area contributed by atoms with Gasteiger partial charge in [-0.05, 0) is 96.5 Å². The van der Waals surface area contributed by atoms with E-state index in [0.29, 0.717) is 25.2 Å². The molecule has 0 saturated carbocycles. The fourth-order valence-electron chi connectivity index (χ4n) is 7.22. The molecule has 0 bridgehead atoms. The quantitative estimate of drug-likeness (QED) is 0.268. The summed E-state index contributed by atoms with van der Waals surface area (Å²) in [5.41, 5.74) is 5.58. The number of allylic oxidation sites excluding steroid dienone is 4. The third-order valence-electron chi connectivity index (χ3n) is 8.94. The molecule has 0 amide bonds. The smallest absolute Gasteiger partial charge is 0.162 e. The molecule has 42 heavy (non-hydrogen) atoms. The predicted molar refractivity (Wildman–Crippen MR) is 175 cm³/mol. The van der Waals surface area contributed by atoms with E-state index in [0.717, 1.165) is 62.0 Å². The van der Waals surface area contributed by atoms with Crippen LogP contribution in [0.1, 0.15) is 77.3 Å². The van der Waals surface area contributed by atoms with E-state index in [-0.39, 0.29) is 28.3 Å². The number of fused-ring (bicyclic) bond motifs is 1. The van der Waals surface area contributed by atoms with E-state index in [2.05, 4.69) is 102 Å². The van der Waals surface area contributed by atoms with E-state index >= 15 is 0 Å². The Kier molecular flexibility index (Phi) is 7.54. The Hall–Kier alpha value is -2.70. The molecule has 3 aromatic carbocycles. The SMILES string of the molecule is CCN1C2=C(C(=O)CC(C)(C)C2)C(c2cc(Br)c(OCc3cccc4ccccc34)c(Br)c2)C2=C1CC(C)(C)CC2=O. The molecule has 0 saturated heterocycles. The van der Waals surface area contributed by atoms with Gasteiger partial charge >= 0.3 is 0 Å². The van der Waals surface area contributed by atoms with Crippen LogP contribution in [0.15, 0.2) is 86.1 Å². The highest BCUT2D eigenvalue weighted by atomic mass is 79.9. The monoisotopic (exact) mass is 689 g/mol. The molecule has 4 nitrogen and oxygen atoms in total. The summed E-state index contributed by atoms with van der Waals surface area (Å²) < 4.78 is 7.97. The molecule has 0 N–H and O–H groups in total. The van der Waals surface area contributed by atoms with E-state index in [9.17, 15) is 9.59 Å². The number of carbonyl (C=O) groups is 2. The van der Waals surface area contributed by atoms with Gasteiger partial charge in [-0.25, -0.2) is 0 Å². The maximum Gasteiger partial charge on any atom is 0.162 e. The highest BCUT2D eigenvalue weighted by Crippen LogP contribution is 2.55. The Balaban J connectivity index is 1.44. The van der Waals surface area contributed by atoms with Crippen molar-refractivity contribution in [2.75, 3.05) is 6.54 Å². The minimum absolute atomic E-state index is 0.124. The fraction of sp³-hybridized carbons (Fsp3) is 0.389. The summed E-state index contributed by atoms with van der Waals surface area (Å²) in [5, 5.41) is 2.35. The molecule has 1 aliphatic heterocycles. The van der Waals surface area contributed by atoms with Crippen LogP contribution in [-0.4, -0.2) is 23.0 Å². The van der Waals surface area contributed by atoms with E-state index in [1.165, 1.54) is 10.8 Å².